The number of Topliss-reactive ketones (excluding diaryl/α,β-unsaturated/α-hetero) is 1. The molecule has 1 heterocycles. The molecule has 0 spiro atoms. The number of carbonyl (C=O) groups is 1. The lowest BCUT2D eigenvalue weighted by Crippen LogP contribution is -2.12. The fraction of sp³-hybridized carbons (Fsp3) is 0.364. The lowest BCUT2D eigenvalue weighted by Gasteiger charge is -2.05. The summed E-state index contributed by atoms with van der Waals surface area (Å²) in [5.74, 6) is -0.612. The first-order valence-corrected chi connectivity index (χ1v) is 4.63. The molecule has 0 saturated carbocycles. The van der Waals surface area contributed by atoms with E-state index in [9.17, 15) is 4.79 Å². The lowest BCUT2D eigenvalue weighted by molar-refractivity contribution is 0.0943. The molecule has 0 radical (unpaired) electrons. The normalized spacial score (nSPS) is 11.7. The van der Waals surface area contributed by atoms with Crippen LogP contribution < -0.4 is 0 Å². The van der Waals surface area contributed by atoms with Crippen molar-refractivity contribution in [3.8, 4) is 6.07 Å². The van der Waals surface area contributed by atoms with Gasteiger partial charge in [-0.05, 0) is 18.6 Å². The number of carbonyl (C=O) groups excluding carboxylic acids is 1. The molecule has 3 nitrogen and oxygen atoms in total. The summed E-state index contributed by atoms with van der Waals surface area (Å²) in [5, 5.41) is 8.80. The van der Waals surface area contributed by atoms with E-state index in [1.165, 1.54) is 0 Å². The first-order chi connectivity index (χ1) is 6.79. The number of rotatable bonds is 4. The maximum absolute atomic E-state index is 11.7. The highest BCUT2D eigenvalue weighted by atomic mass is 16.1. The van der Waals surface area contributed by atoms with Crippen molar-refractivity contribution >= 4 is 5.78 Å². The zero-order valence-electron chi connectivity index (χ0n) is 8.10. The van der Waals surface area contributed by atoms with Crippen LogP contribution in [-0.4, -0.2) is 10.8 Å². The Morgan fingerprint density at radius 1 is 1.57 bits per heavy atom. The van der Waals surface area contributed by atoms with Gasteiger partial charge in [-0.25, -0.2) is 0 Å². The van der Waals surface area contributed by atoms with Crippen molar-refractivity contribution in [3.63, 3.8) is 0 Å². The first kappa shape index (κ1) is 10.4. The number of ketones is 1. The van der Waals surface area contributed by atoms with Crippen LogP contribution in [-0.2, 0) is 0 Å². The number of nitriles is 1. The lowest BCUT2D eigenvalue weighted by atomic mass is 9.95. The molecule has 0 aliphatic heterocycles. The average Bonchev–Trinajstić information content (AvgIpc) is 2.26. The highest BCUT2D eigenvalue weighted by Gasteiger charge is 2.17. The van der Waals surface area contributed by atoms with Gasteiger partial charge in [-0.1, -0.05) is 13.3 Å². The van der Waals surface area contributed by atoms with Crippen LogP contribution in [0.4, 0.5) is 0 Å². The number of hydrogen-bond donors (Lipinski definition) is 0. The Morgan fingerprint density at radius 2 is 2.21 bits per heavy atom. The van der Waals surface area contributed by atoms with E-state index in [4.69, 9.17) is 5.26 Å². The molecule has 0 aromatic carbocycles. The Bertz CT molecular complexity index is 340. The van der Waals surface area contributed by atoms with Crippen LogP contribution in [0.5, 0.6) is 0 Å². The topological polar surface area (TPSA) is 53.8 Å². The van der Waals surface area contributed by atoms with Crippen LogP contribution in [0.25, 0.3) is 0 Å². The summed E-state index contributed by atoms with van der Waals surface area (Å²) >= 11 is 0. The van der Waals surface area contributed by atoms with Crippen LogP contribution in [0, 0.1) is 17.2 Å². The van der Waals surface area contributed by atoms with Crippen LogP contribution in [0.3, 0.4) is 0 Å². The number of nitrogens with zero attached hydrogens (tertiary/aromatic N) is 2. The molecule has 3 heteroatoms. The SMILES string of the molecule is CCCC(C#N)C(=O)c1ccncc1. The second-order valence-electron chi connectivity index (χ2n) is 3.07. The van der Waals surface area contributed by atoms with E-state index in [2.05, 4.69) is 4.98 Å². The Hall–Kier alpha value is -1.69. The van der Waals surface area contributed by atoms with Crippen molar-refractivity contribution in [2.45, 2.75) is 19.8 Å². The van der Waals surface area contributed by atoms with Gasteiger partial charge in [0.05, 0.1) is 6.07 Å². The molecule has 1 atom stereocenters. The zero-order valence-corrected chi connectivity index (χ0v) is 8.10. The molecule has 0 fully saturated rings. The average molecular weight is 188 g/mol. The Labute approximate surface area is 83.4 Å². The molecular weight excluding hydrogens is 176 g/mol. The van der Waals surface area contributed by atoms with Crippen LogP contribution >= 0.6 is 0 Å². The van der Waals surface area contributed by atoms with E-state index in [1.807, 2.05) is 13.0 Å². The Balaban J connectivity index is 2.80. The van der Waals surface area contributed by atoms with E-state index in [-0.39, 0.29) is 5.78 Å². The molecule has 14 heavy (non-hydrogen) atoms. The van der Waals surface area contributed by atoms with E-state index in [0.29, 0.717) is 12.0 Å². The van der Waals surface area contributed by atoms with Gasteiger partial charge >= 0.3 is 0 Å². The van der Waals surface area contributed by atoms with Gasteiger partial charge in [-0.15, -0.1) is 0 Å². The van der Waals surface area contributed by atoms with Gasteiger partial charge in [0.15, 0.2) is 5.78 Å². The number of aromatic nitrogens is 1. The molecule has 0 bridgehead atoms. The molecule has 1 aromatic rings. The smallest absolute Gasteiger partial charge is 0.180 e. The van der Waals surface area contributed by atoms with Gasteiger partial charge < -0.3 is 0 Å². The van der Waals surface area contributed by atoms with Crippen LogP contribution in [0.2, 0.25) is 0 Å². The minimum atomic E-state index is -0.512. The Morgan fingerprint density at radius 3 is 2.71 bits per heavy atom. The maximum atomic E-state index is 11.7. The molecule has 1 rings (SSSR count). The van der Waals surface area contributed by atoms with Crippen LogP contribution in [0.15, 0.2) is 24.5 Å². The minimum absolute atomic E-state index is 0.100. The van der Waals surface area contributed by atoms with Gasteiger partial charge in [0, 0.05) is 18.0 Å². The standard InChI is InChI=1S/C11H12N2O/c1-2-3-10(8-12)11(14)9-4-6-13-7-5-9/h4-7,10H,2-3H2,1H3. The van der Waals surface area contributed by atoms with Crippen molar-refractivity contribution in [2.75, 3.05) is 0 Å². The van der Waals surface area contributed by atoms with Crippen molar-refractivity contribution in [3.05, 3.63) is 30.1 Å². The van der Waals surface area contributed by atoms with E-state index >= 15 is 0 Å². The molecule has 0 aliphatic rings. The maximum Gasteiger partial charge on any atom is 0.180 e. The molecule has 0 aliphatic carbocycles. The van der Waals surface area contributed by atoms with Crippen molar-refractivity contribution in [1.29, 1.82) is 5.26 Å². The quantitative estimate of drug-likeness (QED) is 0.680. The molecule has 1 unspecified atom stereocenters. The van der Waals surface area contributed by atoms with Gasteiger partial charge in [0.1, 0.15) is 5.92 Å². The molecule has 1 aromatic heterocycles. The highest BCUT2D eigenvalue weighted by Crippen LogP contribution is 2.12. The first-order valence-electron chi connectivity index (χ1n) is 4.63. The number of pyridine rings is 1. The van der Waals surface area contributed by atoms with E-state index < -0.39 is 5.92 Å². The van der Waals surface area contributed by atoms with E-state index in [1.54, 1.807) is 24.5 Å². The second-order valence-corrected chi connectivity index (χ2v) is 3.07. The van der Waals surface area contributed by atoms with Gasteiger partial charge in [-0.2, -0.15) is 5.26 Å². The monoisotopic (exact) mass is 188 g/mol. The highest BCUT2D eigenvalue weighted by molar-refractivity contribution is 5.99. The van der Waals surface area contributed by atoms with Crippen molar-refractivity contribution in [2.24, 2.45) is 5.92 Å². The van der Waals surface area contributed by atoms with Gasteiger partial charge in [0.25, 0.3) is 0 Å². The predicted molar refractivity (Wildman–Crippen MR) is 52.6 cm³/mol. The molecule has 0 amide bonds. The zero-order chi connectivity index (χ0) is 10.4. The predicted octanol–water partition coefficient (Wildman–Crippen LogP) is 2.20. The van der Waals surface area contributed by atoms with Crippen molar-refractivity contribution < 1.29 is 4.79 Å². The second kappa shape index (κ2) is 5.13. The van der Waals surface area contributed by atoms with Crippen molar-refractivity contribution in [1.82, 2.24) is 4.98 Å². The van der Waals surface area contributed by atoms with E-state index in [0.717, 1.165) is 6.42 Å². The third-order valence-electron chi connectivity index (χ3n) is 2.01. The summed E-state index contributed by atoms with van der Waals surface area (Å²) in [5.41, 5.74) is 0.569. The third kappa shape index (κ3) is 2.40. The summed E-state index contributed by atoms with van der Waals surface area (Å²) in [4.78, 5) is 15.5. The fourth-order valence-electron chi connectivity index (χ4n) is 1.26. The summed E-state index contributed by atoms with van der Waals surface area (Å²) in [7, 11) is 0. The largest absolute Gasteiger partial charge is 0.293 e. The summed E-state index contributed by atoms with van der Waals surface area (Å²) in [6, 6.07) is 5.31. The number of hydrogen-bond acceptors (Lipinski definition) is 3. The summed E-state index contributed by atoms with van der Waals surface area (Å²) < 4.78 is 0. The third-order valence-corrected chi connectivity index (χ3v) is 2.01. The molecule has 0 saturated heterocycles. The fourth-order valence-corrected chi connectivity index (χ4v) is 1.26. The minimum Gasteiger partial charge on any atom is -0.293 e. The molecule has 0 N–H and O–H groups in total. The summed E-state index contributed by atoms with van der Waals surface area (Å²) in [6.45, 7) is 1.96. The molecule has 72 valence electrons. The summed E-state index contributed by atoms with van der Waals surface area (Å²) in [6.07, 6.45) is 4.59. The Kier molecular flexibility index (Phi) is 3.81. The van der Waals surface area contributed by atoms with Gasteiger partial charge in [0.2, 0.25) is 0 Å². The molecular formula is C11H12N2O. The van der Waals surface area contributed by atoms with Crippen LogP contribution in [0.1, 0.15) is 30.1 Å². The van der Waals surface area contributed by atoms with Gasteiger partial charge in [-0.3, -0.25) is 9.78 Å².